The first kappa shape index (κ1) is 15.1. The van der Waals surface area contributed by atoms with Crippen LogP contribution < -0.4 is 0 Å². The highest BCUT2D eigenvalue weighted by molar-refractivity contribution is 5.85. The Morgan fingerprint density at radius 2 is 1.91 bits per heavy atom. The normalized spacial score (nSPS) is 33.0. The van der Waals surface area contributed by atoms with E-state index in [4.69, 9.17) is 4.42 Å². The van der Waals surface area contributed by atoms with Crippen molar-refractivity contribution < 1.29 is 9.52 Å². The molecule has 1 fully saturated rings. The highest BCUT2D eigenvalue weighted by atomic mass is 16.3. The fraction of sp³-hybridized carbons (Fsp3) is 0.619. The Morgan fingerprint density at radius 1 is 1.13 bits per heavy atom. The minimum atomic E-state index is 0.154. The molecule has 4 rings (SSSR count). The standard InChI is InChI=1S/C21H28O2/c1-13-6-9-17-20(2,3)10-5-11-21(17,4)18-15-12-14(22)7-8-16(15)23-19(13)18/h7-8,12-13,17,22H,5-6,9-11H2,1-4H3/t13?,17-,21-/m0/s1. The van der Waals surface area contributed by atoms with Gasteiger partial charge in [0.15, 0.2) is 0 Å². The first-order valence-electron chi connectivity index (χ1n) is 9.09. The topological polar surface area (TPSA) is 33.4 Å². The van der Waals surface area contributed by atoms with Gasteiger partial charge in [-0.1, -0.05) is 34.1 Å². The van der Waals surface area contributed by atoms with Crippen molar-refractivity contribution >= 4 is 11.0 Å². The van der Waals surface area contributed by atoms with E-state index in [-0.39, 0.29) is 5.41 Å². The van der Waals surface area contributed by atoms with E-state index in [2.05, 4.69) is 27.7 Å². The number of furan rings is 1. The molecule has 0 spiro atoms. The first-order chi connectivity index (χ1) is 10.8. The molecule has 0 bridgehead atoms. The molecule has 0 amide bonds. The smallest absolute Gasteiger partial charge is 0.134 e. The predicted octanol–water partition coefficient (Wildman–Crippen LogP) is 6.12. The lowest BCUT2D eigenvalue weighted by Crippen LogP contribution is -2.44. The van der Waals surface area contributed by atoms with Crippen LogP contribution in [0.3, 0.4) is 0 Å². The van der Waals surface area contributed by atoms with Crippen LogP contribution in [0.4, 0.5) is 0 Å². The van der Waals surface area contributed by atoms with Gasteiger partial charge >= 0.3 is 0 Å². The number of aromatic hydroxyl groups is 1. The summed E-state index contributed by atoms with van der Waals surface area (Å²) in [5.41, 5.74) is 2.85. The second kappa shape index (κ2) is 4.78. The molecule has 1 aromatic carbocycles. The van der Waals surface area contributed by atoms with Crippen molar-refractivity contribution in [2.45, 2.75) is 71.1 Å². The highest BCUT2D eigenvalue weighted by Crippen LogP contribution is 2.59. The molecule has 2 nitrogen and oxygen atoms in total. The maximum absolute atomic E-state index is 10.0. The zero-order chi connectivity index (χ0) is 16.4. The average molecular weight is 312 g/mol. The molecule has 1 saturated carbocycles. The van der Waals surface area contributed by atoms with Gasteiger partial charge < -0.3 is 9.52 Å². The van der Waals surface area contributed by atoms with E-state index in [9.17, 15) is 5.11 Å². The van der Waals surface area contributed by atoms with Crippen molar-refractivity contribution in [3.8, 4) is 5.75 Å². The first-order valence-corrected chi connectivity index (χ1v) is 9.09. The van der Waals surface area contributed by atoms with Gasteiger partial charge in [0.2, 0.25) is 0 Å². The van der Waals surface area contributed by atoms with Crippen LogP contribution in [-0.4, -0.2) is 5.11 Å². The summed E-state index contributed by atoms with van der Waals surface area (Å²) in [6, 6.07) is 5.58. The number of hydrogen-bond acceptors (Lipinski definition) is 2. The molecule has 0 aliphatic heterocycles. The Balaban J connectivity index is 2.02. The van der Waals surface area contributed by atoms with Gasteiger partial charge in [0, 0.05) is 16.9 Å². The van der Waals surface area contributed by atoms with Crippen LogP contribution >= 0.6 is 0 Å². The third-order valence-electron chi connectivity index (χ3n) is 6.84. The Morgan fingerprint density at radius 3 is 2.70 bits per heavy atom. The summed E-state index contributed by atoms with van der Waals surface area (Å²) in [5.74, 6) is 2.65. The zero-order valence-electron chi connectivity index (χ0n) is 14.8. The maximum Gasteiger partial charge on any atom is 0.134 e. The Bertz CT molecular complexity index is 755. The Labute approximate surface area is 138 Å². The molecule has 2 aliphatic carbocycles. The van der Waals surface area contributed by atoms with Crippen molar-refractivity contribution in [1.29, 1.82) is 0 Å². The zero-order valence-corrected chi connectivity index (χ0v) is 14.8. The molecule has 1 aromatic heterocycles. The van der Waals surface area contributed by atoms with Gasteiger partial charge in [-0.15, -0.1) is 0 Å². The van der Waals surface area contributed by atoms with Gasteiger partial charge in [0.25, 0.3) is 0 Å². The number of benzene rings is 1. The predicted molar refractivity (Wildman–Crippen MR) is 94.0 cm³/mol. The lowest BCUT2D eigenvalue weighted by Gasteiger charge is -2.50. The molecule has 1 N–H and O–H groups in total. The SMILES string of the molecule is CC1CC[C@H]2C(C)(C)CCC[C@]2(C)c2c1oc1ccc(O)cc21. The monoisotopic (exact) mass is 312 g/mol. The van der Waals surface area contributed by atoms with Crippen LogP contribution in [0.1, 0.15) is 77.0 Å². The van der Waals surface area contributed by atoms with Crippen molar-refractivity contribution in [1.82, 2.24) is 0 Å². The van der Waals surface area contributed by atoms with E-state index in [1.165, 1.54) is 43.4 Å². The fourth-order valence-electron chi connectivity index (χ4n) is 5.72. The van der Waals surface area contributed by atoms with Crippen LogP contribution in [0, 0.1) is 11.3 Å². The van der Waals surface area contributed by atoms with Gasteiger partial charge in [-0.05, 0) is 60.6 Å². The fourth-order valence-corrected chi connectivity index (χ4v) is 5.72. The minimum absolute atomic E-state index is 0.154. The third-order valence-corrected chi connectivity index (χ3v) is 6.84. The Kier molecular flexibility index (Phi) is 3.14. The van der Waals surface area contributed by atoms with E-state index in [0.29, 0.717) is 23.0 Å². The molecule has 2 heteroatoms. The molecular formula is C21H28O2. The molecule has 1 unspecified atom stereocenters. The summed E-state index contributed by atoms with van der Waals surface area (Å²) in [4.78, 5) is 0. The summed E-state index contributed by atoms with van der Waals surface area (Å²) in [5, 5.41) is 11.2. The summed E-state index contributed by atoms with van der Waals surface area (Å²) >= 11 is 0. The van der Waals surface area contributed by atoms with Gasteiger partial charge in [0.1, 0.15) is 17.1 Å². The summed E-state index contributed by atoms with van der Waals surface area (Å²) in [6.45, 7) is 9.65. The third kappa shape index (κ3) is 2.07. The average Bonchev–Trinajstić information content (AvgIpc) is 2.79. The number of hydrogen-bond donors (Lipinski definition) is 1. The molecule has 0 radical (unpaired) electrons. The second-order valence-electron chi connectivity index (χ2n) is 8.81. The summed E-state index contributed by atoms with van der Waals surface area (Å²) < 4.78 is 6.31. The highest BCUT2D eigenvalue weighted by Gasteiger charge is 2.51. The van der Waals surface area contributed by atoms with Crippen LogP contribution in [0.2, 0.25) is 0 Å². The van der Waals surface area contributed by atoms with E-state index in [1.54, 1.807) is 6.07 Å². The van der Waals surface area contributed by atoms with E-state index in [0.717, 1.165) is 11.0 Å². The second-order valence-corrected chi connectivity index (χ2v) is 8.81. The minimum Gasteiger partial charge on any atom is -0.508 e. The van der Waals surface area contributed by atoms with Crippen molar-refractivity contribution in [2.24, 2.45) is 11.3 Å². The van der Waals surface area contributed by atoms with Crippen molar-refractivity contribution in [3.63, 3.8) is 0 Å². The van der Waals surface area contributed by atoms with Gasteiger partial charge in [0.05, 0.1) is 0 Å². The molecule has 3 atom stereocenters. The van der Waals surface area contributed by atoms with Gasteiger partial charge in [-0.3, -0.25) is 0 Å². The van der Waals surface area contributed by atoms with Crippen LogP contribution in [0.5, 0.6) is 5.75 Å². The molecule has 2 aromatic rings. The number of fused-ring (bicyclic) bond motifs is 5. The van der Waals surface area contributed by atoms with E-state index < -0.39 is 0 Å². The van der Waals surface area contributed by atoms with Crippen molar-refractivity contribution in [2.75, 3.05) is 0 Å². The Hall–Kier alpha value is -1.44. The maximum atomic E-state index is 10.0. The quantitative estimate of drug-likeness (QED) is 0.635. The molecular weight excluding hydrogens is 284 g/mol. The number of phenols is 1. The molecule has 23 heavy (non-hydrogen) atoms. The molecule has 0 saturated heterocycles. The summed E-state index contributed by atoms with van der Waals surface area (Å²) in [7, 11) is 0. The summed E-state index contributed by atoms with van der Waals surface area (Å²) in [6.07, 6.45) is 6.29. The van der Waals surface area contributed by atoms with Crippen LogP contribution in [0.15, 0.2) is 22.6 Å². The van der Waals surface area contributed by atoms with Crippen molar-refractivity contribution in [3.05, 3.63) is 29.5 Å². The molecule has 1 heterocycles. The van der Waals surface area contributed by atoms with Crippen LogP contribution in [0.25, 0.3) is 11.0 Å². The van der Waals surface area contributed by atoms with Crippen LogP contribution in [-0.2, 0) is 5.41 Å². The lowest BCUT2D eigenvalue weighted by atomic mass is 9.53. The molecule has 2 aliphatic rings. The van der Waals surface area contributed by atoms with E-state index >= 15 is 0 Å². The number of phenolic OH excluding ortho intramolecular Hbond substituents is 1. The number of rotatable bonds is 0. The van der Waals surface area contributed by atoms with Gasteiger partial charge in [-0.2, -0.15) is 0 Å². The van der Waals surface area contributed by atoms with Gasteiger partial charge in [-0.25, -0.2) is 0 Å². The van der Waals surface area contributed by atoms with E-state index in [1.807, 2.05) is 12.1 Å². The molecule has 124 valence electrons. The lowest BCUT2D eigenvalue weighted by molar-refractivity contribution is 0.0504. The largest absolute Gasteiger partial charge is 0.508 e.